The second kappa shape index (κ2) is 9.64. The first-order valence-electron chi connectivity index (χ1n) is 8.22. The standard InChI is InChI=1S/C17H24N4OS2/c1-4-6-12(3)18-15(22)11-23-17-21-20-16(24-17)19-14-9-7-13(5-2)8-10-14/h7-10,12H,4-6,11H2,1-3H3,(H,18,22)(H,19,20). The Bertz CT molecular complexity index is 642. The number of amides is 1. The van der Waals surface area contributed by atoms with Crippen LogP contribution in [0.2, 0.25) is 0 Å². The Balaban J connectivity index is 1.81. The summed E-state index contributed by atoms with van der Waals surface area (Å²) in [5.41, 5.74) is 2.29. The van der Waals surface area contributed by atoms with E-state index in [0.29, 0.717) is 5.75 Å². The highest BCUT2D eigenvalue weighted by Crippen LogP contribution is 2.27. The molecule has 0 spiro atoms. The summed E-state index contributed by atoms with van der Waals surface area (Å²) in [7, 11) is 0. The molecule has 2 N–H and O–H groups in total. The van der Waals surface area contributed by atoms with Gasteiger partial charge in [-0.3, -0.25) is 4.79 Å². The normalized spacial score (nSPS) is 12.0. The van der Waals surface area contributed by atoms with Gasteiger partial charge in [0.15, 0.2) is 4.34 Å². The Morgan fingerprint density at radius 3 is 2.67 bits per heavy atom. The van der Waals surface area contributed by atoms with E-state index in [1.807, 2.05) is 19.1 Å². The molecule has 1 aromatic carbocycles. The molecule has 130 valence electrons. The molecule has 5 nitrogen and oxygen atoms in total. The minimum Gasteiger partial charge on any atom is -0.353 e. The predicted molar refractivity (Wildman–Crippen MR) is 102 cm³/mol. The molecule has 0 bridgehead atoms. The lowest BCUT2D eigenvalue weighted by Crippen LogP contribution is -2.33. The Hall–Kier alpha value is -1.60. The van der Waals surface area contributed by atoms with Crippen molar-refractivity contribution in [3.05, 3.63) is 29.8 Å². The number of thioether (sulfide) groups is 1. The Labute approximate surface area is 151 Å². The molecule has 0 radical (unpaired) electrons. The number of hydrogen-bond acceptors (Lipinski definition) is 6. The maximum absolute atomic E-state index is 11.9. The van der Waals surface area contributed by atoms with Gasteiger partial charge < -0.3 is 10.6 Å². The van der Waals surface area contributed by atoms with Crippen molar-refractivity contribution in [2.45, 2.75) is 50.4 Å². The largest absolute Gasteiger partial charge is 0.353 e. The molecule has 24 heavy (non-hydrogen) atoms. The van der Waals surface area contributed by atoms with Crippen LogP contribution in [-0.2, 0) is 11.2 Å². The first kappa shape index (κ1) is 18.7. The first-order chi connectivity index (χ1) is 11.6. The van der Waals surface area contributed by atoms with E-state index in [2.05, 4.69) is 46.8 Å². The van der Waals surface area contributed by atoms with Gasteiger partial charge in [0.05, 0.1) is 5.75 Å². The Morgan fingerprint density at radius 1 is 1.25 bits per heavy atom. The number of nitrogens with zero attached hydrogens (tertiary/aromatic N) is 2. The van der Waals surface area contributed by atoms with Crippen LogP contribution in [0.5, 0.6) is 0 Å². The van der Waals surface area contributed by atoms with Gasteiger partial charge in [0.2, 0.25) is 11.0 Å². The number of benzene rings is 1. The lowest BCUT2D eigenvalue weighted by molar-refractivity contribution is -0.119. The average molecular weight is 365 g/mol. The van der Waals surface area contributed by atoms with E-state index in [1.165, 1.54) is 28.7 Å². The van der Waals surface area contributed by atoms with E-state index in [9.17, 15) is 4.79 Å². The third-order valence-electron chi connectivity index (χ3n) is 3.48. The molecule has 0 aliphatic carbocycles. The molecule has 1 heterocycles. The first-order valence-corrected chi connectivity index (χ1v) is 10.0. The van der Waals surface area contributed by atoms with Crippen LogP contribution >= 0.6 is 23.1 Å². The molecule has 0 fully saturated rings. The lowest BCUT2D eigenvalue weighted by Gasteiger charge is -2.11. The number of aryl methyl sites for hydroxylation is 1. The highest BCUT2D eigenvalue weighted by atomic mass is 32.2. The summed E-state index contributed by atoms with van der Waals surface area (Å²) in [6.07, 6.45) is 3.10. The zero-order chi connectivity index (χ0) is 17.4. The number of hydrogen-bond donors (Lipinski definition) is 2. The highest BCUT2D eigenvalue weighted by Gasteiger charge is 2.10. The smallest absolute Gasteiger partial charge is 0.230 e. The van der Waals surface area contributed by atoms with Gasteiger partial charge in [-0.2, -0.15) is 0 Å². The molecule has 1 aromatic heterocycles. The summed E-state index contributed by atoms with van der Waals surface area (Å²) in [6.45, 7) is 6.28. The van der Waals surface area contributed by atoms with Gasteiger partial charge >= 0.3 is 0 Å². The van der Waals surface area contributed by atoms with Gasteiger partial charge in [-0.05, 0) is 37.5 Å². The van der Waals surface area contributed by atoms with Crippen molar-refractivity contribution in [1.82, 2.24) is 15.5 Å². The molecular weight excluding hydrogens is 340 g/mol. The molecule has 0 aliphatic heterocycles. The molecule has 7 heteroatoms. The van der Waals surface area contributed by atoms with Crippen molar-refractivity contribution >= 4 is 39.8 Å². The molecule has 2 rings (SSSR count). The fourth-order valence-electron chi connectivity index (χ4n) is 2.21. The quantitative estimate of drug-likeness (QED) is 0.652. The molecule has 0 aliphatic rings. The van der Waals surface area contributed by atoms with Crippen LogP contribution in [0.4, 0.5) is 10.8 Å². The molecule has 1 unspecified atom stereocenters. The van der Waals surface area contributed by atoms with Crippen LogP contribution in [0.15, 0.2) is 28.6 Å². The van der Waals surface area contributed by atoms with Gasteiger partial charge in [-0.15, -0.1) is 10.2 Å². The average Bonchev–Trinajstić information content (AvgIpc) is 3.01. The van der Waals surface area contributed by atoms with Gasteiger partial charge in [-0.25, -0.2) is 0 Å². The van der Waals surface area contributed by atoms with E-state index in [0.717, 1.165) is 34.4 Å². The van der Waals surface area contributed by atoms with Gasteiger partial charge in [0.1, 0.15) is 0 Å². The van der Waals surface area contributed by atoms with Crippen molar-refractivity contribution in [2.75, 3.05) is 11.1 Å². The molecule has 1 amide bonds. The monoisotopic (exact) mass is 364 g/mol. The second-order valence-corrected chi connectivity index (χ2v) is 7.79. The van der Waals surface area contributed by atoms with Crippen LogP contribution in [0.3, 0.4) is 0 Å². The number of carbonyl (C=O) groups excluding carboxylic acids is 1. The van der Waals surface area contributed by atoms with Crippen molar-refractivity contribution < 1.29 is 4.79 Å². The zero-order valence-electron chi connectivity index (χ0n) is 14.3. The fourth-order valence-corrected chi connectivity index (χ4v) is 3.80. The number of rotatable bonds is 9. The summed E-state index contributed by atoms with van der Waals surface area (Å²) >= 11 is 2.88. The summed E-state index contributed by atoms with van der Waals surface area (Å²) < 4.78 is 0.793. The fraction of sp³-hybridized carbons (Fsp3) is 0.471. The molecule has 1 atom stereocenters. The summed E-state index contributed by atoms with van der Waals surface area (Å²) in [6, 6.07) is 8.49. The maximum Gasteiger partial charge on any atom is 0.230 e. The number of carbonyl (C=O) groups is 1. The summed E-state index contributed by atoms with van der Waals surface area (Å²) in [5.74, 6) is 0.411. The maximum atomic E-state index is 11.9. The van der Waals surface area contributed by atoms with Gasteiger partial charge in [0, 0.05) is 11.7 Å². The van der Waals surface area contributed by atoms with Crippen LogP contribution in [0, 0.1) is 0 Å². The molecular formula is C17H24N4OS2. The van der Waals surface area contributed by atoms with Crippen LogP contribution in [0.1, 0.15) is 39.2 Å². The lowest BCUT2D eigenvalue weighted by atomic mass is 10.1. The van der Waals surface area contributed by atoms with Gasteiger partial charge in [-0.1, -0.05) is 55.5 Å². The molecule has 0 saturated heterocycles. The zero-order valence-corrected chi connectivity index (χ0v) is 16.0. The van der Waals surface area contributed by atoms with Crippen LogP contribution in [0.25, 0.3) is 0 Å². The van der Waals surface area contributed by atoms with E-state index >= 15 is 0 Å². The van der Waals surface area contributed by atoms with Crippen LogP contribution < -0.4 is 10.6 Å². The van der Waals surface area contributed by atoms with Crippen molar-refractivity contribution in [3.8, 4) is 0 Å². The molecule has 0 saturated carbocycles. The minimum absolute atomic E-state index is 0.0424. The van der Waals surface area contributed by atoms with E-state index in [1.54, 1.807) is 0 Å². The second-order valence-electron chi connectivity index (χ2n) is 5.59. The minimum atomic E-state index is 0.0424. The van der Waals surface area contributed by atoms with Gasteiger partial charge in [0.25, 0.3) is 0 Å². The van der Waals surface area contributed by atoms with E-state index < -0.39 is 0 Å². The van der Waals surface area contributed by atoms with Crippen molar-refractivity contribution in [1.29, 1.82) is 0 Å². The number of anilines is 2. The van der Waals surface area contributed by atoms with Crippen molar-refractivity contribution in [3.63, 3.8) is 0 Å². The highest BCUT2D eigenvalue weighted by molar-refractivity contribution is 8.01. The number of aromatic nitrogens is 2. The topological polar surface area (TPSA) is 66.9 Å². The Morgan fingerprint density at radius 2 is 2.00 bits per heavy atom. The third-order valence-corrected chi connectivity index (χ3v) is 5.45. The molecule has 2 aromatic rings. The van der Waals surface area contributed by atoms with E-state index in [4.69, 9.17) is 0 Å². The summed E-state index contributed by atoms with van der Waals surface area (Å²) in [5, 5.41) is 15.2. The van der Waals surface area contributed by atoms with E-state index in [-0.39, 0.29) is 11.9 Å². The Kier molecular flexibility index (Phi) is 7.52. The number of nitrogens with one attached hydrogen (secondary N) is 2. The third kappa shape index (κ3) is 6.13. The van der Waals surface area contributed by atoms with Crippen LogP contribution in [-0.4, -0.2) is 27.9 Å². The SMILES string of the molecule is CCCC(C)NC(=O)CSc1nnc(Nc2ccc(CC)cc2)s1. The van der Waals surface area contributed by atoms with Crippen molar-refractivity contribution in [2.24, 2.45) is 0 Å². The summed E-state index contributed by atoms with van der Waals surface area (Å²) in [4.78, 5) is 11.9. The predicted octanol–water partition coefficient (Wildman–Crippen LogP) is 4.24.